The van der Waals surface area contributed by atoms with Gasteiger partial charge in [-0.2, -0.15) is 5.10 Å². The van der Waals surface area contributed by atoms with Crippen LogP contribution in [0.3, 0.4) is 0 Å². The maximum absolute atomic E-state index is 11.5. The molecule has 1 heterocycles. The third-order valence-corrected chi connectivity index (χ3v) is 2.57. The second kappa shape index (κ2) is 6.55. The highest BCUT2D eigenvalue weighted by Gasteiger charge is 2.03. The number of carbonyl (C=O) groups is 1. The largest absolute Gasteiger partial charge is 0.484 e. The molecular formula is C13H16N4O2. The van der Waals surface area contributed by atoms with Crippen LogP contribution in [0.5, 0.6) is 5.75 Å². The predicted octanol–water partition coefficient (Wildman–Crippen LogP) is 0.564. The zero-order valence-electron chi connectivity index (χ0n) is 10.4. The summed E-state index contributed by atoms with van der Waals surface area (Å²) in [6.07, 6.45) is 3.39. The van der Waals surface area contributed by atoms with Crippen LogP contribution in [0, 0.1) is 0 Å². The fraction of sp³-hybridized carbons (Fsp3) is 0.231. The van der Waals surface area contributed by atoms with Gasteiger partial charge < -0.3 is 15.8 Å². The fourth-order valence-corrected chi connectivity index (χ4v) is 1.50. The summed E-state index contributed by atoms with van der Waals surface area (Å²) >= 11 is 0. The van der Waals surface area contributed by atoms with E-state index in [0.29, 0.717) is 18.8 Å². The number of carbonyl (C=O) groups excluding carboxylic acids is 1. The molecule has 4 N–H and O–H groups in total. The van der Waals surface area contributed by atoms with Gasteiger partial charge in [-0.1, -0.05) is 12.1 Å². The van der Waals surface area contributed by atoms with Crippen LogP contribution < -0.4 is 15.8 Å². The summed E-state index contributed by atoms with van der Waals surface area (Å²) in [7, 11) is 0. The summed E-state index contributed by atoms with van der Waals surface area (Å²) < 4.78 is 5.36. The number of amides is 1. The number of ether oxygens (including phenoxy) is 1. The Morgan fingerprint density at radius 1 is 1.32 bits per heavy atom. The van der Waals surface area contributed by atoms with Gasteiger partial charge in [0, 0.05) is 24.8 Å². The minimum atomic E-state index is -0.177. The first-order chi connectivity index (χ1) is 9.28. The summed E-state index contributed by atoms with van der Waals surface area (Å²) in [5.41, 5.74) is 7.44. The van der Waals surface area contributed by atoms with Gasteiger partial charge in [0.15, 0.2) is 6.61 Å². The van der Waals surface area contributed by atoms with Gasteiger partial charge in [-0.05, 0) is 17.7 Å². The van der Waals surface area contributed by atoms with Crippen molar-refractivity contribution in [2.24, 2.45) is 5.73 Å². The third kappa shape index (κ3) is 4.11. The van der Waals surface area contributed by atoms with Crippen LogP contribution in [0.15, 0.2) is 36.7 Å². The first-order valence-corrected chi connectivity index (χ1v) is 5.94. The molecule has 2 rings (SSSR count). The van der Waals surface area contributed by atoms with Gasteiger partial charge in [0.05, 0.1) is 6.20 Å². The molecule has 0 radical (unpaired) electrons. The molecule has 0 aliphatic rings. The van der Waals surface area contributed by atoms with Crippen LogP contribution in [0.4, 0.5) is 0 Å². The van der Waals surface area contributed by atoms with Crippen molar-refractivity contribution < 1.29 is 9.53 Å². The molecule has 0 aliphatic heterocycles. The lowest BCUT2D eigenvalue weighted by molar-refractivity contribution is -0.123. The smallest absolute Gasteiger partial charge is 0.258 e. The number of benzene rings is 1. The van der Waals surface area contributed by atoms with E-state index in [1.165, 1.54) is 0 Å². The number of rotatable bonds is 6. The van der Waals surface area contributed by atoms with E-state index in [1.54, 1.807) is 24.5 Å². The molecule has 1 aromatic carbocycles. The van der Waals surface area contributed by atoms with Crippen molar-refractivity contribution in [3.63, 3.8) is 0 Å². The third-order valence-electron chi connectivity index (χ3n) is 2.57. The first kappa shape index (κ1) is 13.1. The summed E-state index contributed by atoms with van der Waals surface area (Å²) in [5.74, 6) is 0.472. The predicted molar refractivity (Wildman–Crippen MR) is 70.3 cm³/mol. The van der Waals surface area contributed by atoms with Gasteiger partial charge >= 0.3 is 0 Å². The average Bonchev–Trinajstić information content (AvgIpc) is 2.96. The minimum absolute atomic E-state index is 0.0141. The summed E-state index contributed by atoms with van der Waals surface area (Å²) in [6.45, 7) is 0.913. The highest BCUT2D eigenvalue weighted by Crippen LogP contribution is 2.11. The van der Waals surface area contributed by atoms with Crippen molar-refractivity contribution in [2.45, 2.75) is 13.1 Å². The molecular weight excluding hydrogens is 244 g/mol. The van der Waals surface area contributed by atoms with Crippen molar-refractivity contribution in [3.8, 4) is 5.75 Å². The second-order valence-corrected chi connectivity index (χ2v) is 4.02. The molecule has 2 aromatic rings. The van der Waals surface area contributed by atoms with Crippen LogP contribution in [0.25, 0.3) is 0 Å². The van der Waals surface area contributed by atoms with Crippen LogP contribution in [-0.4, -0.2) is 22.7 Å². The van der Waals surface area contributed by atoms with E-state index >= 15 is 0 Å². The average molecular weight is 260 g/mol. The summed E-state index contributed by atoms with van der Waals surface area (Å²) in [4.78, 5) is 11.5. The number of aromatic amines is 1. The van der Waals surface area contributed by atoms with E-state index in [-0.39, 0.29) is 12.5 Å². The fourth-order valence-electron chi connectivity index (χ4n) is 1.50. The molecule has 1 amide bonds. The van der Waals surface area contributed by atoms with Crippen molar-refractivity contribution in [1.82, 2.24) is 15.5 Å². The first-order valence-electron chi connectivity index (χ1n) is 5.94. The Morgan fingerprint density at radius 3 is 2.74 bits per heavy atom. The van der Waals surface area contributed by atoms with E-state index in [4.69, 9.17) is 10.5 Å². The van der Waals surface area contributed by atoms with Crippen LogP contribution in [-0.2, 0) is 17.9 Å². The standard InChI is InChI=1S/C13H16N4O2/c14-5-10-1-3-12(4-2-10)19-9-13(18)15-6-11-7-16-17-8-11/h1-4,7-8H,5-6,9,14H2,(H,15,18)(H,16,17). The molecule has 1 aromatic heterocycles. The Morgan fingerprint density at radius 2 is 2.11 bits per heavy atom. The Kier molecular flexibility index (Phi) is 4.52. The molecule has 19 heavy (non-hydrogen) atoms. The van der Waals surface area contributed by atoms with Crippen molar-refractivity contribution in [3.05, 3.63) is 47.8 Å². The highest BCUT2D eigenvalue weighted by atomic mass is 16.5. The molecule has 6 heteroatoms. The van der Waals surface area contributed by atoms with Gasteiger partial charge in [-0.15, -0.1) is 0 Å². The second-order valence-electron chi connectivity index (χ2n) is 4.02. The summed E-state index contributed by atoms with van der Waals surface area (Å²) in [6, 6.07) is 7.34. The van der Waals surface area contributed by atoms with Crippen molar-refractivity contribution in [2.75, 3.05) is 6.61 Å². The topological polar surface area (TPSA) is 93.0 Å². The summed E-state index contributed by atoms with van der Waals surface area (Å²) in [5, 5.41) is 9.21. The van der Waals surface area contributed by atoms with E-state index < -0.39 is 0 Å². The zero-order valence-corrected chi connectivity index (χ0v) is 10.4. The van der Waals surface area contributed by atoms with Gasteiger partial charge in [-0.25, -0.2) is 0 Å². The Bertz CT molecular complexity index is 508. The molecule has 6 nitrogen and oxygen atoms in total. The molecule has 0 unspecified atom stereocenters. The SMILES string of the molecule is NCc1ccc(OCC(=O)NCc2cn[nH]c2)cc1. The van der Waals surface area contributed by atoms with E-state index in [1.807, 2.05) is 12.1 Å². The number of nitrogens with one attached hydrogen (secondary N) is 2. The van der Waals surface area contributed by atoms with E-state index in [2.05, 4.69) is 15.5 Å². The van der Waals surface area contributed by atoms with Gasteiger partial charge in [-0.3, -0.25) is 9.89 Å². The van der Waals surface area contributed by atoms with Gasteiger partial charge in [0.1, 0.15) is 5.75 Å². The number of H-pyrrole nitrogens is 1. The van der Waals surface area contributed by atoms with E-state index in [9.17, 15) is 4.79 Å². The highest BCUT2D eigenvalue weighted by molar-refractivity contribution is 5.77. The molecule has 0 saturated heterocycles. The lowest BCUT2D eigenvalue weighted by atomic mass is 10.2. The maximum Gasteiger partial charge on any atom is 0.258 e. The van der Waals surface area contributed by atoms with Crippen LogP contribution in [0.2, 0.25) is 0 Å². The molecule has 0 aliphatic carbocycles. The molecule has 0 fully saturated rings. The maximum atomic E-state index is 11.5. The van der Waals surface area contributed by atoms with Crippen molar-refractivity contribution in [1.29, 1.82) is 0 Å². The normalized spacial score (nSPS) is 10.2. The number of nitrogens with two attached hydrogens (primary N) is 1. The van der Waals surface area contributed by atoms with Crippen LogP contribution >= 0.6 is 0 Å². The molecule has 0 atom stereocenters. The monoisotopic (exact) mass is 260 g/mol. The lowest BCUT2D eigenvalue weighted by Crippen LogP contribution is -2.28. The zero-order chi connectivity index (χ0) is 13.5. The Balaban J connectivity index is 1.73. The Labute approximate surface area is 111 Å². The lowest BCUT2D eigenvalue weighted by Gasteiger charge is -2.07. The number of hydrogen-bond acceptors (Lipinski definition) is 4. The minimum Gasteiger partial charge on any atom is -0.484 e. The number of nitrogens with zero attached hydrogens (tertiary/aromatic N) is 1. The van der Waals surface area contributed by atoms with Gasteiger partial charge in [0.25, 0.3) is 5.91 Å². The molecule has 100 valence electrons. The molecule has 0 bridgehead atoms. The number of aromatic nitrogens is 2. The van der Waals surface area contributed by atoms with E-state index in [0.717, 1.165) is 11.1 Å². The van der Waals surface area contributed by atoms with Crippen LogP contribution in [0.1, 0.15) is 11.1 Å². The van der Waals surface area contributed by atoms with Crippen molar-refractivity contribution >= 4 is 5.91 Å². The molecule has 0 spiro atoms. The number of hydrogen-bond donors (Lipinski definition) is 3. The quantitative estimate of drug-likeness (QED) is 0.707. The van der Waals surface area contributed by atoms with Gasteiger partial charge in [0.2, 0.25) is 0 Å². The Hall–Kier alpha value is -2.34. The molecule has 0 saturated carbocycles.